The summed E-state index contributed by atoms with van der Waals surface area (Å²) in [7, 11) is -3.85. The zero-order valence-electron chi connectivity index (χ0n) is 12.1. The highest BCUT2D eigenvalue weighted by Crippen LogP contribution is 2.15. The number of hydrogen-bond acceptors (Lipinski definition) is 3. The van der Waals surface area contributed by atoms with E-state index in [9.17, 15) is 12.8 Å². The van der Waals surface area contributed by atoms with E-state index >= 15 is 0 Å². The third-order valence-corrected chi connectivity index (χ3v) is 4.38. The van der Waals surface area contributed by atoms with E-state index < -0.39 is 22.9 Å². The van der Waals surface area contributed by atoms with Crippen LogP contribution < -0.4 is 0 Å². The largest absolute Gasteiger partial charge is 0.297 e. The zero-order chi connectivity index (χ0) is 15.0. The normalized spacial score (nSPS) is 13.3. The summed E-state index contributed by atoms with van der Waals surface area (Å²) in [6.07, 6.45) is 3.03. The third-order valence-electron chi connectivity index (χ3n) is 3.08. The van der Waals surface area contributed by atoms with Crippen LogP contribution in [-0.2, 0) is 14.3 Å². The van der Waals surface area contributed by atoms with Crippen LogP contribution in [0.1, 0.15) is 44.6 Å². The Morgan fingerprint density at radius 3 is 2.40 bits per heavy atom. The Morgan fingerprint density at radius 1 is 1.15 bits per heavy atom. The number of unbranched alkanes of at least 4 members (excludes halogenated alkanes) is 3. The fourth-order valence-electron chi connectivity index (χ4n) is 1.81. The van der Waals surface area contributed by atoms with Crippen LogP contribution in [0.4, 0.5) is 4.39 Å². The van der Waals surface area contributed by atoms with Crippen molar-refractivity contribution in [3.8, 4) is 0 Å². The molecule has 5 heteroatoms. The Morgan fingerprint density at radius 2 is 1.80 bits per heavy atom. The molecule has 1 rings (SSSR count). The van der Waals surface area contributed by atoms with E-state index in [1.807, 2.05) is 6.92 Å². The van der Waals surface area contributed by atoms with Gasteiger partial charge in [-0.2, -0.15) is 8.42 Å². The molecule has 1 aromatic rings. The number of aryl methyl sites for hydroxylation is 1. The van der Waals surface area contributed by atoms with Crippen molar-refractivity contribution in [1.82, 2.24) is 0 Å². The van der Waals surface area contributed by atoms with Gasteiger partial charge in [-0.15, -0.1) is 0 Å². The van der Waals surface area contributed by atoms with Gasteiger partial charge in [0.05, 0.1) is 11.5 Å². The minimum Gasteiger partial charge on any atom is -0.263 e. The monoisotopic (exact) mass is 302 g/mol. The summed E-state index contributed by atoms with van der Waals surface area (Å²) < 4.78 is 42.0. The molecule has 1 atom stereocenters. The molecule has 0 aliphatic heterocycles. The Hall–Kier alpha value is -0.940. The first-order valence-electron chi connectivity index (χ1n) is 7.06. The van der Waals surface area contributed by atoms with E-state index in [1.165, 1.54) is 12.1 Å². The number of hydrogen-bond donors (Lipinski definition) is 0. The summed E-state index contributed by atoms with van der Waals surface area (Å²) in [6, 6.07) is 6.32. The summed E-state index contributed by atoms with van der Waals surface area (Å²) in [5.41, 5.74) is 0.961. The average molecular weight is 302 g/mol. The highest BCUT2D eigenvalue weighted by Gasteiger charge is 2.17. The van der Waals surface area contributed by atoms with Crippen LogP contribution in [0.2, 0.25) is 0 Å². The topological polar surface area (TPSA) is 43.4 Å². The maximum absolute atomic E-state index is 13.6. The number of benzene rings is 1. The fourth-order valence-corrected chi connectivity index (χ4v) is 2.74. The first-order valence-corrected chi connectivity index (χ1v) is 8.46. The van der Waals surface area contributed by atoms with Crippen molar-refractivity contribution in [1.29, 1.82) is 0 Å². The highest BCUT2D eigenvalue weighted by atomic mass is 32.2. The zero-order valence-corrected chi connectivity index (χ0v) is 13.0. The van der Waals surface area contributed by atoms with Gasteiger partial charge in [-0.25, -0.2) is 4.39 Å². The van der Waals surface area contributed by atoms with Gasteiger partial charge in [0.1, 0.15) is 6.17 Å². The molecule has 0 saturated heterocycles. The van der Waals surface area contributed by atoms with E-state index in [0.29, 0.717) is 6.42 Å². The van der Waals surface area contributed by atoms with Crippen LogP contribution in [0.3, 0.4) is 0 Å². The first kappa shape index (κ1) is 17.1. The van der Waals surface area contributed by atoms with Crippen molar-refractivity contribution >= 4 is 10.1 Å². The minimum absolute atomic E-state index is 0.0706. The van der Waals surface area contributed by atoms with Crippen LogP contribution in [0, 0.1) is 6.92 Å². The van der Waals surface area contributed by atoms with E-state index in [0.717, 1.165) is 31.2 Å². The molecule has 0 N–H and O–H groups in total. The van der Waals surface area contributed by atoms with Crippen molar-refractivity contribution in [2.45, 2.75) is 57.0 Å². The second-order valence-corrected chi connectivity index (χ2v) is 6.61. The average Bonchev–Trinajstić information content (AvgIpc) is 2.42. The first-order chi connectivity index (χ1) is 9.45. The fraction of sp³-hybridized carbons (Fsp3) is 0.600. The van der Waals surface area contributed by atoms with E-state index in [-0.39, 0.29) is 4.90 Å². The Labute approximate surface area is 121 Å². The van der Waals surface area contributed by atoms with Gasteiger partial charge in [0, 0.05) is 0 Å². The molecule has 0 aliphatic carbocycles. The lowest BCUT2D eigenvalue weighted by atomic mass is 10.1. The molecule has 0 spiro atoms. The summed E-state index contributed by atoms with van der Waals surface area (Å²) >= 11 is 0. The number of halogens is 1. The van der Waals surface area contributed by atoms with Gasteiger partial charge in [0.2, 0.25) is 0 Å². The summed E-state index contributed by atoms with van der Waals surface area (Å²) in [5, 5.41) is 0. The van der Waals surface area contributed by atoms with Crippen LogP contribution in [0.15, 0.2) is 29.2 Å². The van der Waals surface area contributed by atoms with Gasteiger partial charge in [-0.1, -0.05) is 50.3 Å². The molecule has 0 unspecified atom stereocenters. The molecule has 1 aromatic carbocycles. The maximum atomic E-state index is 13.6. The third kappa shape index (κ3) is 6.01. The predicted octanol–water partition coefficient (Wildman–Crippen LogP) is 4.01. The molecule has 20 heavy (non-hydrogen) atoms. The number of alkyl halides is 1. The lowest BCUT2D eigenvalue weighted by Gasteiger charge is -2.09. The van der Waals surface area contributed by atoms with Crippen molar-refractivity contribution in [2.75, 3.05) is 6.61 Å². The molecule has 0 amide bonds. The molecule has 0 fully saturated rings. The molecule has 0 saturated carbocycles. The van der Waals surface area contributed by atoms with Crippen LogP contribution >= 0.6 is 0 Å². The maximum Gasteiger partial charge on any atom is 0.297 e. The minimum atomic E-state index is -3.85. The summed E-state index contributed by atoms with van der Waals surface area (Å²) in [6.45, 7) is 3.55. The smallest absolute Gasteiger partial charge is 0.263 e. The highest BCUT2D eigenvalue weighted by molar-refractivity contribution is 7.86. The lowest BCUT2D eigenvalue weighted by molar-refractivity contribution is 0.188. The van der Waals surface area contributed by atoms with E-state index in [1.54, 1.807) is 12.1 Å². The molecule has 0 heterocycles. The van der Waals surface area contributed by atoms with Crippen LogP contribution in [0.25, 0.3) is 0 Å². The Bertz CT molecular complexity index is 482. The van der Waals surface area contributed by atoms with Gasteiger partial charge in [0.25, 0.3) is 10.1 Å². The lowest BCUT2D eigenvalue weighted by Crippen LogP contribution is -2.15. The van der Waals surface area contributed by atoms with Crippen molar-refractivity contribution in [3.63, 3.8) is 0 Å². The molecule has 0 aromatic heterocycles. The van der Waals surface area contributed by atoms with Crippen molar-refractivity contribution < 1.29 is 17.0 Å². The molecule has 0 aliphatic rings. The summed E-state index contributed by atoms with van der Waals surface area (Å²) in [5.74, 6) is 0. The van der Waals surface area contributed by atoms with Gasteiger partial charge in [-0.05, 0) is 25.5 Å². The molecule has 114 valence electrons. The van der Waals surface area contributed by atoms with Gasteiger partial charge >= 0.3 is 0 Å². The molecular weight excluding hydrogens is 279 g/mol. The van der Waals surface area contributed by atoms with Gasteiger partial charge in [-0.3, -0.25) is 4.18 Å². The Kier molecular flexibility index (Phi) is 7.16. The van der Waals surface area contributed by atoms with Gasteiger partial charge in [0.15, 0.2) is 0 Å². The quantitative estimate of drug-likeness (QED) is 0.511. The molecule has 0 radical (unpaired) electrons. The molecular formula is C15H23FO3S. The summed E-state index contributed by atoms with van der Waals surface area (Å²) in [4.78, 5) is 0.0706. The second kappa shape index (κ2) is 8.37. The van der Waals surface area contributed by atoms with Crippen LogP contribution in [-0.4, -0.2) is 21.2 Å². The Balaban J connectivity index is 2.41. The van der Waals surface area contributed by atoms with Gasteiger partial charge < -0.3 is 0 Å². The van der Waals surface area contributed by atoms with E-state index in [4.69, 9.17) is 4.18 Å². The predicted molar refractivity (Wildman–Crippen MR) is 78.0 cm³/mol. The molecule has 0 bridgehead atoms. The van der Waals surface area contributed by atoms with Crippen molar-refractivity contribution in [2.24, 2.45) is 0 Å². The standard InChI is InChI=1S/C15H23FO3S/c1-3-4-5-6-7-14(16)12-19-20(17,18)15-10-8-13(2)9-11-15/h8-11,14H,3-7,12H2,1-2H3/t14-/m1/s1. The van der Waals surface area contributed by atoms with E-state index in [2.05, 4.69) is 6.92 Å². The molecule has 3 nitrogen and oxygen atoms in total. The van der Waals surface area contributed by atoms with Crippen LogP contribution in [0.5, 0.6) is 0 Å². The second-order valence-electron chi connectivity index (χ2n) is 5.00. The van der Waals surface area contributed by atoms with Crippen molar-refractivity contribution in [3.05, 3.63) is 29.8 Å². The SMILES string of the molecule is CCCCCC[C@@H](F)COS(=O)(=O)c1ccc(C)cc1. The number of rotatable bonds is 9.